The van der Waals surface area contributed by atoms with Gasteiger partial charge in [-0.1, -0.05) is 30.3 Å². The number of nitrogens with zero attached hydrogens (tertiary/aromatic N) is 2. The molecule has 1 aliphatic heterocycles. The number of nitrogens with two attached hydrogens (primary N) is 1. The summed E-state index contributed by atoms with van der Waals surface area (Å²) in [5.41, 5.74) is 8.04. The first-order valence-electron chi connectivity index (χ1n) is 7.52. The number of hydrogen-bond donors (Lipinski definition) is 2. The highest BCUT2D eigenvalue weighted by Crippen LogP contribution is 2.30. The first-order chi connectivity index (χ1) is 10.7. The molecule has 1 saturated heterocycles. The number of H-pyrrole nitrogens is 1. The summed E-state index contributed by atoms with van der Waals surface area (Å²) in [5.74, 6) is -0.0308. The lowest BCUT2D eigenvalue weighted by Gasteiger charge is -2.34. The summed E-state index contributed by atoms with van der Waals surface area (Å²) in [6.07, 6.45) is 3.13. The molecular weight excluding hydrogens is 380 g/mol. The first-order valence-corrected chi connectivity index (χ1v) is 8.32. The molecule has 3 rings (SSSR count). The van der Waals surface area contributed by atoms with Gasteiger partial charge in [0.25, 0.3) is 5.91 Å². The number of hydrogen-bond acceptors (Lipinski definition) is 3. The molecule has 1 aromatic heterocycles. The van der Waals surface area contributed by atoms with Crippen LogP contribution in [0.2, 0.25) is 0 Å². The third kappa shape index (κ3) is 3.59. The minimum atomic E-state index is -0.0308. The van der Waals surface area contributed by atoms with E-state index >= 15 is 0 Å². The van der Waals surface area contributed by atoms with Crippen LogP contribution in [0.1, 0.15) is 29.8 Å². The Balaban J connectivity index is 0.00000192. The van der Waals surface area contributed by atoms with E-state index in [0.29, 0.717) is 16.7 Å². The van der Waals surface area contributed by atoms with Gasteiger partial charge in [-0.15, -0.1) is 12.4 Å². The summed E-state index contributed by atoms with van der Waals surface area (Å²) in [6, 6.07) is 9.92. The van der Waals surface area contributed by atoms with Gasteiger partial charge in [0.15, 0.2) is 0 Å². The zero-order valence-corrected chi connectivity index (χ0v) is 15.1. The maximum absolute atomic E-state index is 12.8. The number of aromatic amines is 1. The lowest BCUT2D eigenvalue weighted by molar-refractivity contribution is 0.0616. The van der Waals surface area contributed by atoms with Crippen LogP contribution in [0.15, 0.2) is 34.8 Å². The topological polar surface area (TPSA) is 75.0 Å². The molecule has 1 amide bonds. The van der Waals surface area contributed by atoms with Crippen LogP contribution in [-0.2, 0) is 0 Å². The summed E-state index contributed by atoms with van der Waals surface area (Å²) in [6.45, 7) is 1.26. The Morgan fingerprint density at radius 3 is 2.78 bits per heavy atom. The van der Waals surface area contributed by atoms with E-state index in [2.05, 4.69) is 26.1 Å². The van der Waals surface area contributed by atoms with Gasteiger partial charge in [-0.3, -0.25) is 9.89 Å². The molecular formula is C16H20BrClN4O. The van der Waals surface area contributed by atoms with Crippen molar-refractivity contribution in [2.45, 2.75) is 25.3 Å². The van der Waals surface area contributed by atoms with E-state index in [4.69, 9.17) is 5.73 Å². The Morgan fingerprint density at radius 1 is 1.35 bits per heavy atom. The van der Waals surface area contributed by atoms with Crippen molar-refractivity contribution < 1.29 is 4.79 Å². The fraction of sp³-hybridized carbons (Fsp3) is 0.375. The number of likely N-dealkylation sites (tertiary alicyclic amines) is 1. The molecule has 7 heteroatoms. The highest BCUT2D eigenvalue weighted by Gasteiger charge is 2.29. The second-order valence-corrected chi connectivity index (χ2v) is 6.30. The smallest absolute Gasteiger partial charge is 0.273 e. The zero-order valence-electron chi connectivity index (χ0n) is 12.7. The number of nitrogens with one attached hydrogen (secondary N) is 1. The second-order valence-electron chi connectivity index (χ2n) is 5.51. The maximum atomic E-state index is 12.8. The van der Waals surface area contributed by atoms with Gasteiger partial charge in [-0.05, 0) is 35.2 Å². The quantitative estimate of drug-likeness (QED) is 0.832. The molecule has 1 aliphatic rings. The number of rotatable bonds is 3. The van der Waals surface area contributed by atoms with Gasteiger partial charge < -0.3 is 10.6 Å². The Hall–Kier alpha value is -1.37. The molecule has 2 aromatic rings. The highest BCUT2D eigenvalue weighted by molar-refractivity contribution is 9.10. The van der Waals surface area contributed by atoms with E-state index < -0.39 is 0 Å². The van der Waals surface area contributed by atoms with Crippen molar-refractivity contribution in [1.82, 2.24) is 15.1 Å². The van der Waals surface area contributed by atoms with Gasteiger partial charge in [0.05, 0.1) is 4.47 Å². The second kappa shape index (κ2) is 7.95. The molecule has 1 fully saturated rings. The van der Waals surface area contributed by atoms with Crippen LogP contribution >= 0.6 is 28.3 Å². The lowest BCUT2D eigenvalue weighted by atomic mass is 10.0. The zero-order chi connectivity index (χ0) is 15.5. The molecule has 1 atom stereocenters. The molecule has 2 heterocycles. The standard InChI is InChI=1S/C16H19BrN4O.ClH/c17-13-14(11-6-2-1-3-7-11)19-20-15(13)16(22)21-9-5-4-8-12(21)10-18;/h1-3,6-7,12H,4-5,8-10,18H2,(H,19,20);1H. The monoisotopic (exact) mass is 398 g/mol. The Morgan fingerprint density at radius 2 is 2.09 bits per heavy atom. The molecule has 5 nitrogen and oxygen atoms in total. The summed E-state index contributed by atoms with van der Waals surface area (Å²) < 4.78 is 0.713. The van der Waals surface area contributed by atoms with E-state index in [9.17, 15) is 4.79 Å². The Bertz CT molecular complexity index is 661. The minimum Gasteiger partial charge on any atom is -0.333 e. The molecule has 23 heavy (non-hydrogen) atoms. The van der Waals surface area contributed by atoms with Crippen molar-refractivity contribution >= 4 is 34.2 Å². The van der Waals surface area contributed by atoms with Crippen molar-refractivity contribution in [3.8, 4) is 11.3 Å². The average molecular weight is 400 g/mol. The summed E-state index contributed by atoms with van der Waals surface area (Å²) >= 11 is 3.52. The number of carbonyl (C=O) groups is 1. The first kappa shape index (κ1) is 18.0. The normalized spacial score (nSPS) is 17.7. The summed E-state index contributed by atoms with van der Waals surface area (Å²) in [7, 11) is 0. The summed E-state index contributed by atoms with van der Waals surface area (Å²) in [5, 5.41) is 7.19. The van der Waals surface area contributed by atoms with Gasteiger partial charge in [-0.2, -0.15) is 5.10 Å². The predicted molar refractivity (Wildman–Crippen MR) is 96.7 cm³/mol. The van der Waals surface area contributed by atoms with E-state index in [1.807, 2.05) is 35.2 Å². The van der Waals surface area contributed by atoms with Gasteiger partial charge in [0.1, 0.15) is 11.4 Å². The summed E-state index contributed by atoms with van der Waals surface area (Å²) in [4.78, 5) is 14.7. The number of amides is 1. The van der Waals surface area contributed by atoms with Crippen LogP contribution in [0.25, 0.3) is 11.3 Å². The van der Waals surface area contributed by atoms with Crippen LogP contribution in [0.4, 0.5) is 0 Å². The van der Waals surface area contributed by atoms with Crippen molar-refractivity contribution in [2.75, 3.05) is 13.1 Å². The van der Waals surface area contributed by atoms with Crippen LogP contribution in [-0.4, -0.2) is 40.1 Å². The molecule has 124 valence electrons. The maximum Gasteiger partial charge on any atom is 0.273 e. The van der Waals surface area contributed by atoms with Gasteiger partial charge in [0.2, 0.25) is 0 Å². The largest absolute Gasteiger partial charge is 0.333 e. The number of aromatic nitrogens is 2. The number of benzene rings is 1. The van der Waals surface area contributed by atoms with Crippen LogP contribution < -0.4 is 5.73 Å². The van der Waals surface area contributed by atoms with Gasteiger partial charge in [-0.25, -0.2) is 0 Å². The van der Waals surface area contributed by atoms with Crippen molar-refractivity contribution in [3.63, 3.8) is 0 Å². The van der Waals surface area contributed by atoms with Crippen molar-refractivity contribution in [2.24, 2.45) is 5.73 Å². The van der Waals surface area contributed by atoms with Crippen LogP contribution in [0.3, 0.4) is 0 Å². The average Bonchev–Trinajstić information content (AvgIpc) is 2.96. The fourth-order valence-corrected chi connectivity index (χ4v) is 3.49. The molecule has 1 unspecified atom stereocenters. The molecule has 1 aromatic carbocycles. The number of carbonyl (C=O) groups excluding carboxylic acids is 1. The molecule has 0 saturated carbocycles. The van der Waals surface area contributed by atoms with E-state index in [1.165, 1.54) is 0 Å². The third-order valence-electron chi connectivity index (χ3n) is 4.13. The van der Waals surface area contributed by atoms with Crippen molar-refractivity contribution in [3.05, 3.63) is 40.5 Å². The molecule has 0 aliphatic carbocycles. The molecule has 3 N–H and O–H groups in total. The van der Waals surface area contributed by atoms with Crippen LogP contribution in [0, 0.1) is 0 Å². The lowest BCUT2D eigenvalue weighted by Crippen LogP contribution is -2.47. The molecule has 0 radical (unpaired) electrons. The van der Waals surface area contributed by atoms with Gasteiger partial charge in [0, 0.05) is 24.7 Å². The van der Waals surface area contributed by atoms with Gasteiger partial charge >= 0.3 is 0 Å². The minimum absolute atomic E-state index is 0. The Labute approximate surface area is 150 Å². The van der Waals surface area contributed by atoms with E-state index in [-0.39, 0.29) is 24.4 Å². The van der Waals surface area contributed by atoms with Crippen molar-refractivity contribution in [1.29, 1.82) is 0 Å². The third-order valence-corrected chi connectivity index (χ3v) is 4.90. The molecule has 0 bridgehead atoms. The molecule has 0 spiro atoms. The predicted octanol–water partition coefficient (Wildman–Crippen LogP) is 3.21. The Kier molecular flexibility index (Phi) is 6.21. The SMILES string of the molecule is Cl.NCC1CCCCN1C(=O)c1[nH]nc(-c2ccccc2)c1Br. The highest BCUT2D eigenvalue weighted by atomic mass is 79.9. The fourth-order valence-electron chi connectivity index (χ4n) is 2.91. The van der Waals surface area contributed by atoms with E-state index in [1.54, 1.807) is 0 Å². The van der Waals surface area contributed by atoms with E-state index in [0.717, 1.165) is 37.1 Å². The number of halogens is 2. The van der Waals surface area contributed by atoms with Crippen LogP contribution in [0.5, 0.6) is 0 Å². The number of piperidine rings is 1.